The van der Waals surface area contributed by atoms with Gasteiger partial charge in [0, 0.05) is 30.7 Å². The van der Waals surface area contributed by atoms with E-state index in [2.05, 4.69) is 22.2 Å². The molecule has 3 N–H and O–H groups in total. The first-order valence-corrected chi connectivity index (χ1v) is 11.0. The topological polar surface area (TPSA) is 97.0 Å². The molecule has 34 heavy (non-hydrogen) atoms. The van der Waals surface area contributed by atoms with E-state index >= 15 is 0 Å². The Balaban J connectivity index is 1.68. The fourth-order valence-electron chi connectivity index (χ4n) is 3.25. The minimum atomic E-state index is -0.884. The van der Waals surface area contributed by atoms with E-state index in [9.17, 15) is 9.59 Å². The van der Waals surface area contributed by atoms with Crippen LogP contribution in [0.3, 0.4) is 0 Å². The molecule has 176 valence electrons. The zero-order chi connectivity index (χ0) is 24.7. The van der Waals surface area contributed by atoms with E-state index in [-0.39, 0.29) is 17.9 Å². The Morgan fingerprint density at radius 3 is 2.68 bits per heavy atom. The Hall–Kier alpha value is -4.05. The quantitative estimate of drug-likeness (QED) is 0.540. The molecule has 0 radical (unpaired) electrons. The summed E-state index contributed by atoms with van der Waals surface area (Å²) in [6.45, 7) is 6.10. The number of nitrogens with one attached hydrogen (secondary N) is 1. The van der Waals surface area contributed by atoms with Gasteiger partial charge in [0.15, 0.2) is 0 Å². The number of hydrogen-bond acceptors (Lipinski definition) is 4. The van der Waals surface area contributed by atoms with Gasteiger partial charge in [-0.25, -0.2) is 9.79 Å². The van der Waals surface area contributed by atoms with Crippen LogP contribution in [-0.4, -0.2) is 37.8 Å². The summed E-state index contributed by atoms with van der Waals surface area (Å²) < 4.78 is 5.82. The predicted molar refractivity (Wildman–Crippen MR) is 135 cm³/mol. The number of aliphatic imine (C=N–C) groups is 1. The third-order valence-corrected chi connectivity index (χ3v) is 5.05. The van der Waals surface area contributed by atoms with E-state index in [1.165, 1.54) is 17.3 Å². The summed E-state index contributed by atoms with van der Waals surface area (Å²) in [5.41, 5.74) is 8.65. The molecule has 3 amide bonds. The molecule has 0 aromatic heterocycles. The Morgan fingerprint density at radius 2 is 2.00 bits per heavy atom. The maximum absolute atomic E-state index is 13.0. The van der Waals surface area contributed by atoms with E-state index < -0.39 is 12.1 Å². The Labute approximate surface area is 200 Å². The SMILES string of the molecule is CN1C(=O)[C@@H](NC(=O)/N=C/C(=C\N)Cc2ccccc2)COc2ccc(C#CC(C)(C)C)cc21. The van der Waals surface area contributed by atoms with Crippen molar-refractivity contribution < 1.29 is 14.3 Å². The highest BCUT2D eigenvalue weighted by Gasteiger charge is 2.30. The van der Waals surface area contributed by atoms with Crippen molar-refractivity contribution in [3.8, 4) is 17.6 Å². The van der Waals surface area contributed by atoms with E-state index in [1.54, 1.807) is 13.1 Å². The molecule has 7 heteroatoms. The zero-order valence-corrected chi connectivity index (χ0v) is 20.0. The Bertz CT molecular complexity index is 1170. The van der Waals surface area contributed by atoms with Gasteiger partial charge in [0.25, 0.3) is 5.91 Å². The van der Waals surface area contributed by atoms with Crippen LogP contribution in [0.25, 0.3) is 0 Å². The van der Waals surface area contributed by atoms with E-state index in [0.29, 0.717) is 23.4 Å². The molecule has 1 heterocycles. The average molecular weight is 459 g/mol. The summed E-state index contributed by atoms with van der Waals surface area (Å²) >= 11 is 0. The fraction of sp³-hybridized carbons (Fsp3) is 0.296. The first kappa shape index (κ1) is 24.6. The van der Waals surface area contributed by atoms with Gasteiger partial charge >= 0.3 is 6.03 Å². The molecule has 0 saturated carbocycles. The maximum Gasteiger partial charge on any atom is 0.341 e. The molecule has 1 atom stereocenters. The summed E-state index contributed by atoms with van der Waals surface area (Å²) in [6.07, 6.45) is 3.36. The third-order valence-electron chi connectivity index (χ3n) is 5.05. The summed E-state index contributed by atoms with van der Waals surface area (Å²) in [6, 6.07) is 13.6. The van der Waals surface area contributed by atoms with Crippen molar-refractivity contribution >= 4 is 23.8 Å². The summed E-state index contributed by atoms with van der Waals surface area (Å²) in [4.78, 5) is 30.8. The number of ether oxygens (including phenoxy) is 1. The number of carbonyl (C=O) groups is 2. The molecule has 1 aliphatic rings. The van der Waals surface area contributed by atoms with Gasteiger partial charge in [-0.15, -0.1) is 0 Å². The van der Waals surface area contributed by atoms with Crippen molar-refractivity contribution in [2.24, 2.45) is 16.1 Å². The highest BCUT2D eigenvalue weighted by molar-refractivity contribution is 6.01. The molecule has 0 bridgehead atoms. The molecule has 2 aromatic rings. The van der Waals surface area contributed by atoms with E-state index in [1.807, 2.05) is 63.2 Å². The highest BCUT2D eigenvalue weighted by atomic mass is 16.5. The number of urea groups is 1. The fourth-order valence-corrected chi connectivity index (χ4v) is 3.25. The minimum absolute atomic E-state index is 0.00590. The van der Waals surface area contributed by atoms with Gasteiger partial charge in [0.2, 0.25) is 0 Å². The monoisotopic (exact) mass is 458 g/mol. The van der Waals surface area contributed by atoms with Gasteiger partial charge in [0.1, 0.15) is 18.4 Å². The molecule has 0 spiro atoms. The van der Waals surface area contributed by atoms with Gasteiger partial charge in [0.05, 0.1) is 5.69 Å². The van der Waals surface area contributed by atoms with Gasteiger partial charge < -0.3 is 20.7 Å². The van der Waals surface area contributed by atoms with E-state index in [0.717, 1.165) is 11.1 Å². The maximum atomic E-state index is 13.0. The van der Waals surface area contributed by atoms with Crippen molar-refractivity contribution in [1.29, 1.82) is 0 Å². The van der Waals surface area contributed by atoms with Crippen LogP contribution in [0.4, 0.5) is 10.5 Å². The van der Waals surface area contributed by atoms with Crippen molar-refractivity contribution in [1.82, 2.24) is 5.32 Å². The van der Waals surface area contributed by atoms with Crippen LogP contribution >= 0.6 is 0 Å². The molecule has 1 aliphatic heterocycles. The summed E-state index contributed by atoms with van der Waals surface area (Å²) in [7, 11) is 1.65. The molecule has 7 nitrogen and oxygen atoms in total. The second kappa shape index (κ2) is 10.7. The van der Waals surface area contributed by atoms with Gasteiger partial charge in [-0.1, -0.05) is 42.2 Å². The number of carbonyl (C=O) groups excluding carboxylic acids is 2. The first-order valence-electron chi connectivity index (χ1n) is 11.0. The normalized spacial score (nSPS) is 16.2. The number of hydrogen-bond donors (Lipinski definition) is 2. The van der Waals surface area contributed by atoms with Crippen LogP contribution in [-0.2, 0) is 11.2 Å². The van der Waals surface area contributed by atoms with Crippen LogP contribution in [0.1, 0.15) is 31.9 Å². The van der Waals surface area contributed by atoms with Crippen molar-refractivity contribution in [2.45, 2.75) is 33.2 Å². The number of nitrogens with two attached hydrogens (primary N) is 1. The van der Waals surface area contributed by atoms with Gasteiger partial charge in [-0.2, -0.15) is 0 Å². The van der Waals surface area contributed by atoms with Crippen molar-refractivity contribution in [2.75, 3.05) is 18.6 Å². The number of nitrogens with zero attached hydrogens (tertiary/aromatic N) is 2. The van der Waals surface area contributed by atoms with Crippen molar-refractivity contribution in [3.63, 3.8) is 0 Å². The molecule has 3 rings (SSSR count). The number of likely N-dealkylation sites (N-methyl/N-ethyl adjacent to an activating group) is 1. The minimum Gasteiger partial charge on any atom is -0.489 e. The lowest BCUT2D eigenvalue weighted by Crippen LogP contribution is -2.48. The number of amides is 3. The number of allylic oxidation sites excluding steroid dienone is 1. The first-order chi connectivity index (χ1) is 16.2. The molecular weight excluding hydrogens is 428 g/mol. The van der Waals surface area contributed by atoms with Crippen LogP contribution in [0.2, 0.25) is 0 Å². The van der Waals surface area contributed by atoms with E-state index in [4.69, 9.17) is 10.5 Å². The Kier molecular flexibility index (Phi) is 7.75. The molecule has 0 saturated heterocycles. The lowest BCUT2D eigenvalue weighted by Gasteiger charge is -2.19. The highest BCUT2D eigenvalue weighted by Crippen LogP contribution is 2.31. The molecule has 0 fully saturated rings. The molecular formula is C27H30N4O3. The lowest BCUT2D eigenvalue weighted by atomic mass is 9.97. The molecule has 2 aromatic carbocycles. The number of anilines is 1. The standard InChI is InChI=1S/C27H30N4O3/c1-27(2,3)13-12-20-10-11-24-23(15-20)31(4)25(32)22(18-34-24)30-26(33)29-17-21(16-28)14-19-8-6-5-7-9-19/h5-11,15-17,22H,14,18,28H2,1-4H3,(H,30,33)/b21-16-,29-17+/t22-/m0/s1. The second-order valence-corrected chi connectivity index (χ2v) is 9.05. The number of rotatable bonds is 4. The summed E-state index contributed by atoms with van der Waals surface area (Å²) in [5, 5.41) is 2.63. The zero-order valence-electron chi connectivity index (χ0n) is 20.0. The van der Waals surface area contributed by atoms with Crippen LogP contribution < -0.4 is 20.7 Å². The third kappa shape index (κ3) is 6.72. The largest absolute Gasteiger partial charge is 0.489 e. The molecule has 0 unspecified atom stereocenters. The van der Waals surface area contributed by atoms with Crippen molar-refractivity contribution in [3.05, 3.63) is 71.4 Å². The average Bonchev–Trinajstić information content (AvgIpc) is 2.92. The van der Waals surface area contributed by atoms with Crippen LogP contribution in [0, 0.1) is 17.3 Å². The van der Waals surface area contributed by atoms with Crippen LogP contribution in [0.15, 0.2) is 65.3 Å². The summed E-state index contributed by atoms with van der Waals surface area (Å²) in [5.74, 6) is 6.57. The smallest absolute Gasteiger partial charge is 0.341 e. The van der Waals surface area contributed by atoms with Crippen LogP contribution in [0.5, 0.6) is 5.75 Å². The molecule has 0 aliphatic carbocycles. The Morgan fingerprint density at radius 1 is 1.26 bits per heavy atom. The number of fused-ring (bicyclic) bond motifs is 1. The number of benzene rings is 2. The second-order valence-electron chi connectivity index (χ2n) is 9.05. The van der Waals surface area contributed by atoms with Gasteiger partial charge in [-0.3, -0.25) is 4.79 Å². The van der Waals surface area contributed by atoms with Gasteiger partial charge in [-0.05, 0) is 56.3 Å². The predicted octanol–water partition coefficient (Wildman–Crippen LogP) is 3.67. The lowest BCUT2D eigenvalue weighted by molar-refractivity contribution is -0.120.